The van der Waals surface area contributed by atoms with Crippen molar-refractivity contribution in [2.24, 2.45) is 7.05 Å². The van der Waals surface area contributed by atoms with Crippen LogP contribution >= 0.6 is 0 Å². The Morgan fingerprint density at radius 3 is 2.27 bits per heavy atom. The number of imidazole rings is 1. The van der Waals surface area contributed by atoms with Gasteiger partial charge in [0.05, 0.1) is 24.5 Å². The Kier molecular flexibility index (Phi) is 8.14. The van der Waals surface area contributed by atoms with E-state index in [1.807, 2.05) is 36.4 Å². The maximum absolute atomic E-state index is 12.9. The van der Waals surface area contributed by atoms with Crippen LogP contribution in [0.25, 0.3) is 11.0 Å². The van der Waals surface area contributed by atoms with Crippen molar-refractivity contribution in [2.75, 3.05) is 17.1 Å². The molecule has 0 aliphatic heterocycles. The van der Waals surface area contributed by atoms with E-state index in [2.05, 4.69) is 38.8 Å². The SMILES string of the molecule is COc1ccc(C(C)C)c(Nc2nc3ccccc3nc2NS(=O)(=O)c2cn(C)cn2)c1.[K]. The van der Waals surface area contributed by atoms with Crippen molar-refractivity contribution in [2.45, 2.75) is 24.8 Å². The van der Waals surface area contributed by atoms with Gasteiger partial charge in [-0.3, -0.25) is 4.72 Å². The Morgan fingerprint density at radius 2 is 1.70 bits per heavy atom. The van der Waals surface area contributed by atoms with Gasteiger partial charge >= 0.3 is 0 Å². The van der Waals surface area contributed by atoms with Crippen molar-refractivity contribution in [3.8, 4) is 5.75 Å². The summed E-state index contributed by atoms with van der Waals surface area (Å²) in [6, 6.07) is 13.0. The van der Waals surface area contributed by atoms with Crippen molar-refractivity contribution < 1.29 is 13.2 Å². The summed E-state index contributed by atoms with van der Waals surface area (Å²) in [6.45, 7) is 4.15. The molecule has 0 atom stereocenters. The van der Waals surface area contributed by atoms with Gasteiger partial charge in [0, 0.05) is 76.4 Å². The van der Waals surface area contributed by atoms with Gasteiger partial charge in [-0.1, -0.05) is 32.0 Å². The number of nitrogens with zero attached hydrogens (tertiary/aromatic N) is 4. The third kappa shape index (κ3) is 5.73. The number of benzene rings is 2. The van der Waals surface area contributed by atoms with E-state index in [9.17, 15) is 8.42 Å². The molecular weight excluding hydrogens is 467 g/mol. The molecule has 4 rings (SSSR count). The first-order valence-corrected chi connectivity index (χ1v) is 11.5. The number of nitrogens with one attached hydrogen (secondary N) is 2. The zero-order valence-corrected chi connectivity index (χ0v) is 23.1. The summed E-state index contributed by atoms with van der Waals surface area (Å²) < 4.78 is 35.3. The smallest absolute Gasteiger partial charge is 0.282 e. The van der Waals surface area contributed by atoms with Crippen molar-refractivity contribution in [3.63, 3.8) is 0 Å². The van der Waals surface area contributed by atoms with Gasteiger partial charge in [0.15, 0.2) is 16.7 Å². The maximum Gasteiger partial charge on any atom is 0.282 e. The molecule has 0 unspecified atom stereocenters. The maximum atomic E-state index is 12.9. The first-order valence-electron chi connectivity index (χ1n) is 9.99. The van der Waals surface area contributed by atoms with Crippen LogP contribution in [-0.4, -0.2) is 86.4 Å². The molecule has 0 amide bonds. The molecule has 0 spiro atoms. The van der Waals surface area contributed by atoms with Crippen LogP contribution in [0.1, 0.15) is 25.3 Å². The Hall–Kier alpha value is -2.02. The summed E-state index contributed by atoms with van der Waals surface area (Å²) in [5, 5.41) is 3.16. The molecule has 2 heterocycles. The summed E-state index contributed by atoms with van der Waals surface area (Å²) in [5.41, 5.74) is 2.97. The molecule has 0 saturated carbocycles. The van der Waals surface area contributed by atoms with Gasteiger partial charge in [0.25, 0.3) is 10.0 Å². The molecule has 2 aromatic carbocycles. The number of sulfonamides is 1. The summed E-state index contributed by atoms with van der Waals surface area (Å²) >= 11 is 0. The predicted octanol–water partition coefficient (Wildman–Crippen LogP) is 3.66. The van der Waals surface area contributed by atoms with Crippen LogP contribution in [-0.2, 0) is 17.1 Å². The number of aromatic nitrogens is 4. The number of fused-ring (bicyclic) bond motifs is 1. The molecule has 4 aromatic rings. The predicted molar refractivity (Wildman–Crippen MR) is 130 cm³/mol. The minimum atomic E-state index is -3.96. The number of para-hydroxylation sites is 2. The average molecular weight is 492 g/mol. The monoisotopic (exact) mass is 491 g/mol. The Morgan fingerprint density at radius 1 is 1.03 bits per heavy atom. The van der Waals surface area contributed by atoms with Gasteiger partial charge in [-0.05, 0) is 29.7 Å². The first kappa shape index (κ1) is 25.6. The molecule has 0 saturated heterocycles. The quantitative estimate of drug-likeness (QED) is 0.380. The fourth-order valence-corrected chi connectivity index (χ4v) is 4.26. The molecule has 9 nitrogen and oxygen atoms in total. The van der Waals surface area contributed by atoms with E-state index in [0.29, 0.717) is 16.8 Å². The summed E-state index contributed by atoms with van der Waals surface area (Å²) in [5.74, 6) is 1.23. The van der Waals surface area contributed by atoms with Crippen LogP contribution in [0.15, 0.2) is 60.0 Å². The van der Waals surface area contributed by atoms with Crippen LogP contribution in [0.5, 0.6) is 5.75 Å². The average Bonchev–Trinajstić information content (AvgIpc) is 3.21. The Labute approximate surface area is 235 Å². The normalized spacial score (nSPS) is 11.3. The summed E-state index contributed by atoms with van der Waals surface area (Å²) in [6.07, 6.45) is 2.84. The number of hydrogen-bond acceptors (Lipinski definition) is 7. The molecule has 167 valence electrons. The second-order valence-corrected chi connectivity index (χ2v) is 9.25. The fraction of sp³-hybridized carbons (Fsp3) is 0.227. The minimum absolute atomic E-state index is 0. The molecule has 11 heteroatoms. The number of rotatable bonds is 7. The van der Waals surface area contributed by atoms with Gasteiger partial charge in [-0.15, -0.1) is 0 Å². The van der Waals surface area contributed by atoms with E-state index in [-0.39, 0.29) is 74.0 Å². The number of anilines is 3. The molecular formula is C22H24KN6O3S. The van der Waals surface area contributed by atoms with Crippen LogP contribution in [0.3, 0.4) is 0 Å². The van der Waals surface area contributed by atoms with Crippen LogP contribution in [0, 0.1) is 0 Å². The molecule has 2 N–H and O–H groups in total. The first-order chi connectivity index (χ1) is 15.3. The van der Waals surface area contributed by atoms with Gasteiger partial charge in [0.1, 0.15) is 5.75 Å². The van der Waals surface area contributed by atoms with E-state index in [0.717, 1.165) is 11.3 Å². The topological polar surface area (TPSA) is 111 Å². The van der Waals surface area contributed by atoms with Gasteiger partial charge < -0.3 is 14.6 Å². The standard InChI is InChI=1S/C22H24N6O3S.K/c1-14(2)16-10-9-15(31-4)11-19(16)26-21-22(25-18-8-6-5-7-17(18)24-21)27-32(29,30)20-12-28(3)13-23-20;/h5-14H,1-4H3,(H,24,26)(H,25,27);. The zero-order chi connectivity index (χ0) is 22.9. The van der Waals surface area contributed by atoms with Crippen LogP contribution in [0.2, 0.25) is 0 Å². The van der Waals surface area contributed by atoms with Gasteiger partial charge in [-0.25, -0.2) is 15.0 Å². The van der Waals surface area contributed by atoms with E-state index in [1.54, 1.807) is 24.8 Å². The molecule has 0 bridgehead atoms. The summed E-state index contributed by atoms with van der Waals surface area (Å²) in [4.78, 5) is 13.1. The third-order valence-electron chi connectivity index (χ3n) is 4.89. The fourth-order valence-electron chi connectivity index (χ4n) is 3.27. The molecule has 1 radical (unpaired) electrons. The van der Waals surface area contributed by atoms with E-state index in [4.69, 9.17) is 4.74 Å². The molecule has 33 heavy (non-hydrogen) atoms. The molecule has 0 fully saturated rings. The molecule has 0 aliphatic carbocycles. The Balaban J connectivity index is 0.00000306. The number of methoxy groups -OCH3 is 1. The second-order valence-electron chi connectivity index (χ2n) is 7.63. The van der Waals surface area contributed by atoms with Crippen molar-refractivity contribution >= 4 is 89.8 Å². The van der Waals surface area contributed by atoms with Crippen LogP contribution < -0.4 is 14.8 Å². The van der Waals surface area contributed by atoms with Crippen molar-refractivity contribution in [1.29, 1.82) is 0 Å². The van der Waals surface area contributed by atoms with Crippen molar-refractivity contribution in [3.05, 3.63) is 60.6 Å². The third-order valence-corrected chi connectivity index (χ3v) is 6.12. The number of hydrogen-bond donors (Lipinski definition) is 2. The zero-order valence-electron chi connectivity index (χ0n) is 19.2. The largest absolute Gasteiger partial charge is 0.497 e. The van der Waals surface area contributed by atoms with E-state index in [1.165, 1.54) is 12.5 Å². The van der Waals surface area contributed by atoms with Crippen molar-refractivity contribution in [1.82, 2.24) is 19.5 Å². The number of aryl methyl sites for hydroxylation is 1. The molecule has 2 aromatic heterocycles. The second kappa shape index (κ2) is 10.5. The minimum Gasteiger partial charge on any atom is -0.497 e. The number of ether oxygens (including phenoxy) is 1. The summed E-state index contributed by atoms with van der Waals surface area (Å²) in [7, 11) is -0.671. The van der Waals surface area contributed by atoms with Crippen LogP contribution in [0.4, 0.5) is 17.3 Å². The van der Waals surface area contributed by atoms with Gasteiger partial charge in [-0.2, -0.15) is 8.42 Å². The van der Waals surface area contributed by atoms with E-state index >= 15 is 0 Å². The van der Waals surface area contributed by atoms with E-state index < -0.39 is 10.0 Å². The molecule has 0 aliphatic rings. The van der Waals surface area contributed by atoms with Gasteiger partial charge in [0.2, 0.25) is 0 Å². The Bertz CT molecular complexity index is 1390.